The lowest BCUT2D eigenvalue weighted by molar-refractivity contribution is 0.0254. The van der Waals surface area contributed by atoms with Crippen molar-refractivity contribution in [3.63, 3.8) is 0 Å². The molecule has 0 aromatic heterocycles. The first-order chi connectivity index (χ1) is 8.16. The molecule has 0 radical (unpaired) electrons. The highest BCUT2D eigenvalue weighted by atomic mass is 19.1. The van der Waals surface area contributed by atoms with E-state index < -0.39 is 11.8 Å². The van der Waals surface area contributed by atoms with E-state index in [1.807, 2.05) is 0 Å². The molecule has 92 valence electrons. The maximum Gasteiger partial charge on any atom is 0.338 e. The molecule has 4 nitrogen and oxygen atoms in total. The molecule has 1 aromatic carbocycles. The first-order valence-electron chi connectivity index (χ1n) is 5.44. The summed E-state index contributed by atoms with van der Waals surface area (Å²) >= 11 is 0. The van der Waals surface area contributed by atoms with Gasteiger partial charge in [-0.25, -0.2) is 9.18 Å². The van der Waals surface area contributed by atoms with Crippen LogP contribution >= 0.6 is 0 Å². The smallest absolute Gasteiger partial charge is 0.338 e. The van der Waals surface area contributed by atoms with Crippen LogP contribution in [0.15, 0.2) is 18.2 Å². The molecule has 0 bridgehead atoms. The fourth-order valence-corrected chi connectivity index (χ4v) is 1.73. The van der Waals surface area contributed by atoms with Crippen molar-refractivity contribution in [2.75, 3.05) is 13.2 Å². The lowest BCUT2D eigenvalue weighted by Crippen LogP contribution is -2.25. The van der Waals surface area contributed by atoms with Gasteiger partial charge < -0.3 is 14.6 Å². The highest BCUT2D eigenvalue weighted by Crippen LogP contribution is 2.20. The normalized spacial score (nSPS) is 16.8. The number of halogens is 1. The van der Waals surface area contributed by atoms with E-state index in [-0.39, 0.29) is 11.7 Å². The van der Waals surface area contributed by atoms with E-state index in [4.69, 9.17) is 14.6 Å². The quantitative estimate of drug-likeness (QED) is 0.878. The summed E-state index contributed by atoms with van der Waals surface area (Å²) in [5.74, 6) is -1.69. The van der Waals surface area contributed by atoms with E-state index in [0.29, 0.717) is 19.0 Å². The molecular weight excluding hydrogens is 227 g/mol. The third-order valence-corrected chi connectivity index (χ3v) is 2.64. The average molecular weight is 240 g/mol. The minimum absolute atomic E-state index is 0.0128. The molecular formula is C12H13FO4. The minimum Gasteiger partial charge on any atom is -0.490 e. The van der Waals surface area contributed by atoms with Gasteiger partial charge in [0.2, 0.25) is 0 Å². The van der Waals surface area contributed by atoms with Crippen molar-refractivity contribution in [1.29, 1.82) is 0 Å². The van der Waals surface area contributed by atoms with Gasteiger partial charge in [0.05, 0.1) is 18.8 Å². The highest BCUT2D eigenvalue weighted by molar-refractivity contribution is 5.88. The van der Waals surface area contributed by atoms with Crippen LogP contribution in [0.1, 0.15) is 23.2 Å². The van der Waals surface area contributed by atoms with Crippen molar-refractivity contribution in [3.8, 4) is 5.75 Å². The number of hydrogen-bond acceptors (Lipinski definition) is 3. The number of carboxylic acids is 1. The van der Waals surface area contributed by atoms with E-state index >= 15 is 0 Å². The zero-order valence-corrected chi connectivity index (χ0v) is 9.19. The molecule has 0 atom stereocenters. The van der Waals surface area contributed by atoms with Gasteiger partial charge in [-0.1, -0.05) is 0 Å². The maximum atomic E-state index is 13.4. The van der Waals surface area contributed by atoms with Gasteiger partial charge in [-0.3, -0.25) is 0 Å². The first kappa shape index (κ1) is 11.9. The van der Waals surface area contributed by atoms with Crippen molar-refractivity contribution < 1.29 is 23.8 Å². The average Bonchev–Trinajstić information content (AvgIpc) is 2.30. The van der Waals surface area contributed by atoms with Crippen molar-refractivity contribution in [2.24, 2.45) is 0 Å². The molecule has 0 aliphatic carbocycles. The molecule has 1 aliphatic heterocycles. The SMILES string of the molecule is O=C(O)c1ccc(OC2CCOCC2)cc1F. The zero-order chi connectivity index (χ0) is 12.3. The summed E-state index contributed by atoms with van der Waals surface area (Å²) in [6.45, 7) is 1.28. The van der Waals surface area contributed by atoms with Crippen LogP contribution in [0.4, 0.5) is 4.39 Å². The summed E-state index contributed by atoms with van der Waals surface area (Å²) in [5, 5.41) is 8.68. The van der Waals surface area contributed by atoms with Crippen LogP contribution in [-0.4, -0.2) is 30.4 Å². The molecule has 1 aromatic rings. The van der Waals surface area contributed by atoms with Gasteiger partial charge >= 0.3 is 5.97 Å². The minimum atomic E-state index is -1.28. The van der Waals surface area contributed by atoms with Crippen LogP contribution in [0.25, 0.3) is 0 Å². The van der Waals surface area contributed by atoms with E-state index in [1.54, 1.807) is 0 Å². The molecule has 1 aliphatic rings. The number of carboxylic acid groups (broad SMARTS) is 1. The maximum absolute atomic E-state index is 13.4. The van der Waals surface area contributed by atoms with Crippen LogP contribution in [0, 0.1) is 5.82 Å². The van der Waals surface area contributed by atoms with Gasteiger partial charge in [-0.05, 0) is 12.1 Å². The second-order valence-corrected chi connectivity index (χ2v) is 3.88. The molecule has 1 heterocycles. The van der Waals surface area contributed by atoms with Gasteiger partial charge in [-0.2, -0.15) is 0 Å². The number of aromatic carboxylic acids is 1. The molecule has 1 fully saturated rings. The Morgan fingerprint density at radius 2 is 2.12 bits per heavy atom. The third kappa shape index (κ3) is 2.94. The lowest BCUT2D eigenvalue weighted by atomic mass is 10.1. The van der Waals surface area contributed by atoms with Gasteiger partial charge in [0.15, 0.2) is 0 Å². The van der Waals surface area contributed by atoms with Crippen molar-refractivity contribution >= 4 is 5.97 Å². The summed E-state index contributed by atoms with van der Waals surface area (Å²) in [6.07, 6.45) is 1.55. The van der Waals surface area contributed by atoms with E-state index in [9.17, 15) is 9.18 Å². The zero-order valence-electron chi connectivity index (χ0n) is 9.19. The van der Waals surface area contributed by atoms with Gasteiger partial charge in [0, 0.05) is 18.9 Å². The molecule has 0 unspecified atom stereocenters. The predicted octanol–water partition coefficient (Wildman–Crippen LogP) is 2.08. The number of carbonyl (C=O) groups is 1. The third-order valence-electron chi connectivity index (χ3n) is 2.64. The molecule has 17 heavy (non-hydrogen) atoms. The summed E-state index contributed by atoms with van der Waals surface area (Å²) in [6, 6.07) is 3.80. The second-order valence-electron chi connectivity index (χ2n) is 3.88. The van der Waals surface area contributed by atoms with Crippen LogP contribution in [0.2, 0.25) is 0 Å². The molecule has 2 rings (SSSR count). The monoisotopic (exact) mass is 240 g/mol. The molecule has 0 saturated carbocycles. The Morgan fingerprint density at radius 1 is 1.41 bits per heavy atom. The largest absolute Gasteiger partial charge is 0.490 e. The van der Waals surface area contributed by atoms with Crippen molar-refractivity contribution in [2.45, 2.75) is 18.9 Å². The summed E-state index contributed by atoms with van der Waals surface area (Å²) in [7, 11) is 0. The Morgan fingerprint density at radius 3 is 2.71 bits per heavy atom. The molecule has 1 N–H and O–H groups in total. The van der Waals surface area contributed by atoms with Crippen LogP contribution in [0.5, 0.6) is 5.75 Å². The number of benzene rings is 1. The summed E-state index contributed by atoms with van der Waals surface area (Å²) in [5.41, 5.74) is -0.343. The predicted molar refractivity (Wildman–Crippen MR) is 57.8 cm³/mol. The fourth-order valence-electron chi connectivity index (χ4n) is 1.73. The number of rotatable bonds is 3. The topological polar surface area (TPSA) is 55.8 Å². The van der Waals surface area contributed by atoms with E-state index in [1.165, 1.54) is 12.1 Å². The summed E-state index contributed by atoms with van der Waals surface area (Å²) < 4.78 is 24.1. The highest BCUT2D eigenvalue weighted by Gasteiger charge is 2.17. The Balaban J connectivity index is 2.06. The Labute approximate surface area is 98.0 Å². The Bertz CT molecular complexity index is 413. The fraction of sp³-hybridized carbons (Fsp3) is 0.417. The Hall–Kier alpha value is -1.62. The van der Waals surface area contributed by atoms with Crippen molar-refractivity contribution in [1.82, 2.24) is 0 Å². The molecule has 5 heteroatoms. The van der Waals surface area contributed by atoms with Crippen LogP contribution in [0.3, 0.4) is 0 Å². The van der Waals surface area contributed by atoms with Crippen LogP contribution < -0.4 is 4.74 Å². The van der Waals surface area contributed by atoms with Crippen molar-refractivity contribution in [3.05, 3.63) is 29.6 Å². The second kappa shape index (κ2) is 5.14. The molecule has 0 amide bonds. The van der Waals surface area contributed by atoms with E-state index in [2.05, 4.69) is 0 Å². The summed E-state index contributed by atoms with van der Waals surface area (Å²) in [4.78, 5) is 10.6. The lowest BCUT2D eigenvalue weighted by Gasteiger charge is -2.23. The standard InChI is InChI=1S/C12H13FO4/c13-11-7-9(1-2-10(11)12(14)15)17-8-3-5-16-6-4-8/h1-2,7-8H,3-6H2,(H,14,15). The van der Waals surface area contributed by atoms with Gasteiger partial charge in [0.1, 0.15) is 17.7 Å². The van der Waals surface area contributed by atoms with E-state index in [0.717, 1.165) is 18.9 Å². The number of ether oxygens (including phenoxy) is 2. The van der Waals surface area contributed by atoms with Crippen LogP contribution in [-0.2, 0) is 4.74 Å². The Kier molecular flexibility index (Phi) is 3.58. The number of hydrogen-bond donors (Lipinski definition) is 1. The molecule has 0 spiro atoms. The van der Waals surface area contributed by atoms with Gasteiger partial charge in [-0.15, -0.1) is 0 Å². The molecule has 1 saturated heterocycles. The first-order valence-corrected chi connectivity index (χ1v) is 5.44. The van der Waals surface area contributed by atoms with Gasteiger partial charge in [0.25, 0.3) is 0 Å².